The van der Waals surface area contributed by atoms with E-state index in [0.717, 1.165) is 13.1 Å². The Morgan fingerprint density at radius 2 is 1.82 bits per heavy atom. The molecular weight excluding hydrogens is 302 g/mol. The van der Waals surface area contributed by atoms with E-state index in [-0.39, 0.29) is 4.90 Å². The van der Waals surface area contributed by atoms with E-state index in [1.54, 1.807) is 25.1 Å². The summed E-state index contributed by atoms with van der Waals surface area (Å²) in [5.74, 6) is 1.27. The predicted molar refractivity (Wildman–Crippen MR) is 82.4 cm³/mol. The number of amides is 2. The van der Waals surface area contributed by atoms with E-state index in [2.05, 4.69) is 10.1 Å². The van der Waals surface area contributed by atoms with Crippen LogP contribution >= 0.6 is 0 Å². The summed E-state index contributed by atoms with van der Waals surface area (Å²) in [6, 6.07) is 5.90. The van der Waals surface area contributed by atoms with Crippen LogP contribution in [-0.4, -0.2) is 32.5 Å². The highest BCUT2D eigenvalue weighted by molar-refractivity contribution is 7.90. The van der Waals surface area contributed by atoms with Crippen molar-refractivity contribution in [2.45, 2.75) is 31.1 Å². The minimum Gasteiger partial charge on any atom is -0.270 e. The molecule has 22 heavy (non-hydrogen) atoms. The molecule has 1 saturated carbocycles. The van der Waals surface area contributed by atoms with E-state index in [4.69, 9.17) is 0 Å². The Bertz CT molecular complexity index is 662. The van der Waals surface area contributed by atoms with Gasteiger partial charge in [0.25, 0.3) is 10.0 Å². The third-order valence-electron chi connectivity index (χ3n) is 4.60. The molecule has 0 bridgehead atoms. The number of nitrogens with zero attached hydrogens (tertiary/aromatic N) is 1. The lowest BCUT2D eigenvalue weighted by Crippen LogP contribution is -2.48. The summed E-state index contributed by atoms with van der Waals surface area (Å²) in [6.07, 6.45) is 3.66. The monoisotopic (exact) mass is 323 g/mol. The van der Waals surface area contributed by atoms with E-state index >= 15 is 0 Å². The van der Waals surface area contributed by atoms with Crippen molar-refractivity contribution in [2.24, 2.45) is 11.8 Å². The zero-order valence-corrected chi connectivity index (χ0v) is 13.4. The number of carbonyl (C=O) groups is 1. The fraction of sp³-hybridized carbons (Fsp3) is 0.533. The van der Waals surface area contributed by atoms with Crippen LogP contribution in [0, 0.1) is 18.8 Å². The molecule has 6 nitrogen and oxygen atoms in total. The van der Waals surface area contributed by atoms with Gasteiger partial charge in [-0.3, -0.25) is 5.43 Å². The predicted octanol–water partition coefficient (Wildman–Crippen LogP) is 1.63. The topological polar surface area (TPSA) is 78.5 Å². The third kappa shape index (κ3) is 3.10. The van der Waals surface area contributed by atoms with Crippen LogP contribution in [0.1, 0.15) is 24.8 Å². The number of hydrogen-bond donors (Lipinski definition) is 2. The van der Waals surface area contributed by atoms with Crippen molar-refractivity contribution in [3.63, 3.8) is 0 Å². The van der Waals surface area contributed by atoms with Crippen LogP contribution < -0.4 is 10.1 Å². The molecule has 1 heterocycles. The quantitative estimate of drug-likeness (QED) is 0.886. The number of aryl methyl sites for hydroxylation is 1. The van der Waals surface area contributed by atoms with Crippen molar-refractivity contribution in [1.82, 2.24) is 15.2 Å². The summed E-state index contributed by atoms with van der Waals surface area (Å²) >= 11 is 0. The molecule has 0 aromatic heterocycles. The molecule has 1 aromatic carbocycles. The molecule has 1 aliphatic carbocycles. The Labute approximate surface area is 130 Å². The van der Waals surface area contributed by atoms with Gasteiger partial charge in [0.05, 0.1) is 4.90 Å². The van der Waals surface area contributed by atoms with Gasteiger partial charge in [0, 0.05) is 13.1 Å². The van der Waals surface area contributed by atoms with Crippen molar-refractivity contribution in [2.75, 3.05) is 13.1 Å². The lowest BCUT2D eigenvalue weighted by molar-refractivity contribution is 0.195. The highest BCUT2D eigenvalue weighted by Gasteiger charge is 2.36. The number of benzene rings is 1. The molecule has 2 atom stereocenters. The van der Waals surface area contributed by atoms with Gasteiger partial charge in [-0.25, -0.2) is 22.9 Å². The molecule has 1 aromatic rings. The van der Waals surface area contributed by atoms with Crippen LogP contribution in [0.4, 0.5) is 4.79 Å². The second-order valence-electron chi connectivity index (χ2n) is 6.17. The van der Waals surface area contributed by atoms with E-state index in [0.29, 0.717) is 17.4 Å². The SMILES string of the molecule is Cc1ccccc1S(=O)(=O)NC(=O)NN1C[C@@H]2CCC[C@H]2C1. The Balaban J connectivity index is 1.61. The first-order valence-electron chi connectivity index (χ1n) is 7.60. The number of hydrazine groups is 1. The number of carbonyl (C=O) groups excluding carboxylic acids is 1. The minimum absolute atomic E-state index is 0.128. The van der Waals surface area contributed by atoms with Crippen molar-refractivity contribution in [3.8, 4) is 0 Å². The smallest absolute Gasteiger partial charge is 0.270 e. The molecule has 120 valence electrons. The molecule has 2 N–H and O–H groups in total. The van der Waals surface area contributed by atoms with E-state index in [1.807, 2.05) is 5.01 Å². The third-order valence-corrected chi connectivity index (χ3v) is 6.09. The highest BCUT2D eigenvalue weighted by atomic mass is 32.2. The van der Waals surface area contributed by atoms with Gasteiger partial charge in [-0.15, -0.1) is 0 Å². The lowest BCUT2D eigenvalue weighted by Gasteiger charge is -2.18. The van der Waals surface area contributed by atoms with Gasteiger partial charge >= 0.3 is 6.03 Å². The summed E-state index contributed by atoms with van der Waals surface area (Å²) in [5.41, 5.74) is 3.27. The van der Waals surface area contributed by atoms with Gasteiger partial charge in [-0.2, -0.15) is 0 Å². The van der Waals surface area contributed by atoms with E-state index in [1.165, 1.54) is 25.3 Å². The summed E-state index contributed by atoms with van der Waals surface area (Å²) < 4.78 is 26.6. The number of nitrogens with one attached hydrogen (secondary N) is 2. The second-order valence-corrected chi connectivity index (χ2v) is 7.82. The van der Waals surface area contributed by atoms with Crippen LogP contribution in [0.15, 0.2) is 29.2 Å². The molecule has 0 spiro atoms. The van der Waals surface area contributed by atoms with Gasteiger partial charge in [-0.1, -0.05) is 24.6 Å². The van der Waals surface area contributed by atoms with Crippen molar-refractivity contribution >= 4 is 16.1 Å². The zero-order valence-electron chi connectivity index (χ0n) is 12.6. The van der Waals surface area contributed by atoms with Crippen LogP contribution in [0.5, 0.6) is 0 Å². The standard InChI is InChI=1S/C15H21N3O3S/c1-11-5-2-3-8-14(11)22(20,21)17-15(19)16-18-9-12-6-4-7-13(12)10-18/h2-3,5,8,12-13H,4,6-7,9-10H2,1H3,(H2,16,17,19)/t12-,13-/m0/s1. The van der Waals surface area contributed by atoms with Crippen molar-refractivity contribution in [3.05, 3.63) is 29.8 Å². The van der Waals surface area contributed by atoms with Gasteiger partial charge in [-0.05, 0) is 43.2 Å². The largest absolute Gasteiger partial charge is 0.343 e. The normalized spacial score (nSPS) is 25.0. The number of sulfonamides is 1. The van der Waals surface area contributed by atoms with Crippen LogP contribution in [0.2, 0.25) is 0 Å². The fourth-order valence-electron chi connectivity index (χ4n) is 3.53. The summed E-state index contributed by atoms with van der Waals surface area (Å²) in [6.45, 7) is 3.32. The molecule has 3 rings (SSSR count). The maximum atomic E-state index is 12.2. The molecular formula is C15H21N3O3S. The van der Waals surface area contributed by atoms with Gasteiger partial charge in [0.2, 0.25) is 0 Å². The first kappa shape index (κ1) is 15.3. The number of fused-ring (bicyclic) bond motifs is 1. The lowest BCUT2D eigenvalue weighted by atomic mass is 10.0. The molecule has 2 fully saturated rings. The first-order chi connectivity index (χ1) is 10.5. The van der Waals surface area contributed by atoms with Crippen LogP contribution in [-0.2, 0) is 10.0 Å². The van der Waals surface area contributed by atoms with Crippen LogP contribution in [0.3, 0.4) is 0 Å². The molecule has 7 heteroatoms. The first-order valence-corrected chi connectivity index (χ1v) is 9.08. The van der Waals surface area contributed by atoms with E-state index < -0.39 is 16.1 Å². The Morgan fingerprint density at radius 3 is 2.45 bits per heavy atom. The van der Waals surface area contributed by atoms with Gasteiger partial charge in [0.1, 0.15) is 0 Å². The molecule has 2 amide bonds. The number of urea groups is 1. The van der Waals surface area contributed by atoms with E-state index in [9.17, 15) is 13.2 Å². The highest BCUT2D eigenvalue weighted by Crippen LogP contribution is 2.36. The molecule has 0 unspecified atom stereocenters. The zero-order chi connectivity index (χ0) is 15.7. The Morgan fingerprint density at radius 1 is 1.18 bits per heavy atom. The van der Waals surface area contributed by atoms with Crippen LogP contribution in [0.25, 0.3) is 0 Å². The maximum Gasteiger partial charge on any atom is 0.343 e. The molecule has 1 aliphatic heterocycles. The van der Waals surface area contributed by atoms with Gasteiger partial charge < -0.3 is 0 Å². The van der Waals surface area contributed by atoms with Crippen molar-refractivity contribution in [1.29, 1.82) is 0 Å². The molecule has 1 saturated heterocycles. The number of rotatable bonds is 3. The van der Waals surface area contributed by atoms with Gasteiger partial charge in [0.15, 0.2) is 0 Å². The van der Waals surface area contributed by atoms with Crippen molar-refractivity contribution < 1.29 is 13.2 Å². The average Bonchev–Trinajstić information content (AvgIpc) is 2.98. The fourth-order valence-corrected chi connectivity index (χ4v) is 4.68. The Hall–Kier alpha value is -1.60. The molecule has 0 radical (unpaired) electrons. The summed E-state index contributed by atoms with van der Waals surface area (Å²) in [4.78, 5) is 12.1. The Kier molecular flexibility index (Phi) is 4.10. The second kappa shape index (κ2) is 5.89. The average molecular weight is 323 g/mol. The minimum atomic E-state index is -3.84. The summed E-state index contributed by atoms with van der Waals surface area (Å²) in [7, 11) is -3.84. The molecule has 2 aliphatic rings. The number of hydrogen-bond acceptors (Lipinski definition) is 4. The maximum absolute atomic E-state index is 12.2. The summed E-state index contributed by atoms with van der Waals surface area (Å²) in [5, 5.41) is 1.83.